The number of rotatable bonds is 8. The first-order chi connectivity index (χ1) is 14.0. The molecular weight excluding hydrogens is 383 g/mol. The summed E-state index contributed by atoms with van der Waals surface area (Å²) in [5.41, 5.74) is 0.247. The molecule has 29 heavy (non-hydrogen) atoms. The van der Waals surface area contributed by atoms with Crippen LogP contribution >= 0.6 is 0 Å². The lowest BCUT2D eigenvalue weighted by atomic mass is 10.2. The first-order valence-corrected chi connectivity index (χ1v) is 9.07. The summed E-state index contributed by atoms with van der Waals surface area (Å²) >= 11 is 0. The number of nitrogens with zero attached hydrogens (tertiary/aromatic N) is 2. The van der Waals surface area contributed by atoms with E-state index in [0.29, 0.717) is 24.2 Å². The fourth-order valence-electron chi connectivity index (χ4n) is 2.49. The molecule has 0 amide bonds. The zero-order valence-corrected chi connectivity index (χ0v) is 15.7. The van der Waals surface area contributed by atoms with Crippen molar-refractivity contribution in [3.8, 4) is 11.6 Å². The minimum absolute atomic E-state index is 0.0198. The Bertz CT molecular complexity index is 934. The Kier molecular flexibility index (Phi) is 6.54. The second kappa shape index (κ2) is 9.27. The van der Waals surface area contributed by atoms with Gasteiger partial charge in [-0.2, -0.15) is 18.2 Å². The van der Waals surface area contributed by atoms with Gasteiger partial charge in [0.15, 0.2) is 0 Å². The standard InChI is InChI=1S/C21H20F3N3O2/c1-2-12-28-18-11-7-6-10-17(18)26-20-25-13-16(21(22,23)24)19(27-20)29-14-15-8-4-3-5-9-15/h3-11,13H,2,12,14H2,1H3,(H,25,26,27). The van der Waals surface area contributed by atoms with Crippen LogP contribution in [0.15, 0.2) is 60.8 Å². The molecule has 3 rings (SSSR count). The van der Waals surface area contributed by atoms with E-state index in [1.165, 1.54) is 0 Å². The Morgan fingerprint density at radius 3 is 2.41 bits per heavy atom. The van der Waals surface area contributed by atoms with Crippen molar-refractivity contribution in [1.29, 1.82) is 0 Å². The van der Waals surface area contributed by atoms with Gasteiger partial charge in [-0.05, 0) is 24.1 Å². The summed E-state index contributed by atoms with van der Waals surface area (Å²) in [5, 5.41) is 2.90. The molecule has 2 aromatic carbocycles. The highest BCUT2D eigenvalue weighted by Crippen LogP contribution is 2.36. The summed E-state index contributed by atoms with van der Waals surface area (Å²) in [6, 6.07) is 16.0. The van der Waals surface area contributed by atoms with Gasteiger partial charge in [-0.15, -0.1) is 0 Å². The molecule has 1 N–H and O–H groups in total. The number of alkyl halides is 3. The number of aromatic nitrogens is 2. The maximum Gasteiger partial charge on any atom is 0.423 e. The van der Waals surface area contributed by atoms with Crippen LogP contribution in [0.5, 0.6) is 11.6 Å². The molecule has 0 atom stereocenters. The molecule has 8 heteroatoms. The first kappa shape index (κ1) is 20.4. The van der Waals surface area contributed by atoms with E-state index < -0.39 is 17.6 Å². The van der Waals surface area contributed by atoms with Crippen LogP contribution < -0.4 is 14.8 Å². The number of anilines is 2. The van der Waals surface area contributed by atoms with Gasteiger partial charge in [-0.25, -0.2) is 4.98 Å². The third-order valence-corrected chi connectivity index (χ3v) is 3.87. The van der Waals surface area contributed by atoms with Crippen molar-refractivity contribution in [3.63, 3.8) is 0 Å². The normalized spacial score (nSPS) is 11.2. The first-order valence-electron chi connectivity index (χ1n) is 9.07. The van der Waals surface area contributed by atoms with Crippen LogP contribution in [-0.4, -0.2) is 16.6 Å². The number of nitrogens with one attached hydrogen (secondary N) is 1. The Morgan fingerprint density at radius 1 is 0.966 bits per heavy atom. The molecule has 0 spiro atoms. The number of benzene rings is 2. The highest BCUT2D eigenvalue weighted by molar-refractivity contribution is 5.62. The van der Waals surface area contributed by atoms with Crippen molar-refractivity contribution in [2.24, 2.45) is 0 Å². The lowest BCUT2D eigenvalue weighted by Crippen LogP contribution is -2.12. The zero-order chi connectivity index (χ0) is 20.7. The van der Waals surface area contributed by atoms with Crippen molar-refractivity contribution in [2.45, 2.75) is 26.1 Å². The quantitative estimate of drug-likeness (QED) is 0.530. The molecule has 0 aliphatic rings. The van der Waals surface area contributed by atoms with Crippen molar-refractivity contribution in [1.82, 2.24) is 9.97 Å². The highest BCUT2D eigenvalue weighted by Gasteiger charge is 2.36. The predicted octanol–water partition coefficient (Wildman–Crippen LogP) is 5.61. The van der Waals surface area contributed by atoms with E-state index in [1.54, 1.807) is 48.5 Å². The van der Waals surface area contributed by atoms with Gasteiger partial charge < -0.3 is 14.8 Å². The Hall–Kier alpha value is -3.29. The third kappa shape index (κ3) is 5.60. The van der Waals surface area contributed by atoms with Crippen molar-refractivity contribution in [3.05, 3.63) is 71.9 Å². The fraction of sp³-hybridized carbons (Fsp3) is 0.238. The molecule has 0 saturated heterocycles. The number of halogens is 3. The molecule has 0 unspecified atom stereocenters. The van der Waals surface area contributed by atoms with Gasteiger partial charge in [0.05, 0.1) is 12.3 Å². The van der Waals surface area contributed by atoms with E-state index in [9.17, 15) is 13.2 Å². The smallest absolute Gasteiger partial charge is 0.423 e. The van der Waals surface area contributed by atoms with Crippen LogP contribution in [-0.2, 0) is 12.8 Å². The van der Waals surface area contributed by atoms with Gasteiger partial charge in [0.25, 0.3) is 0 Å². The van der Waals surface area contributed by atoms with E-state index in [2.05, 4.69) is 15.3 Å². The molecule has 5 nitrogen and oxygen atoms in total. The average molecular weight is 403 g/mol. The maximum atomic E-state index is 13.3. The molecule has 0 radical (unpaired) electrons. The third-order valence-electron chi connectivity index (χ3n) is 3.87. The SMILES string of the molecule is CCCOc1ccccc1Nc1ncc(C(F)(F)F)c(OCc2ccccc2)n1. The van der Waals surface area contributed by atoms with Gasteiger partial charge in [0.2, 0.25) is 11.8 Å². The second-order valence-corrected chi connectivity index (χ2v) is 6.15. The van der Waals surface area contributed by atoms with Gasteiger partial charge in [-0.1, -0.05) is 49.4 Å². The van der Waals surface area contributed by atoms with Crippen LogP contribution in [0.4, 0.5) is 24.8 Å². The molecule has 152 valence electrons. The molecule has 0 aliphatic heterocycles. The number of para-hydroxylation sites is 2. The second-order valence-electron chi connectivity index (χ2n) is 6.15. The molecular formula is C21H20F3N3O2. The van der Waals surface area contributed by atoms with Crippen molar-refractivity contribution >= 4 is 11.6 Å². The van der Waals surface area contributed by atoms with Crippen molar-refractivity contribution in [2.75, 3.05) is 11.9 Å². The van der Waals surface area contributed by atoms with Crippen LogP contribution in [0, 0.1) is 0 Å². The minimum atomic E-state index is -4.63. The Labute approximate surface area is 166 Å². The number of ether oxygens (including phenoxy) is 2. The molecule has 3 aromatic rings. The summed E-state index contributed by atoms with van der Waals surface area (Å²) in [6.45, 7) is 2.44. The van der Waals surface area contributed by atoms with E-state index in [0.717, 1.165) is 12.0 Å². The van der Waals surface area contributed by atoms with Crippen LogP contribution in [0.2, 0.25) is 0 Å². The lowest BCUT2D eigenvalue weighted by molar-refractivity contribution is -0.139. The van der Waals surface area contributed by atoms with Gasteiger partial charge >= 0.3 is 6.18 Å². The molecule has 0 saturated carbocycles. The Morgan fingerprint density at radius 2 is 1.69 bits per heavy atom. The van der Waals surface area contributed by atoms with Crippen LogP contribution in [0.25, 0.3) is 0 Å². The summed E-state index contributed by atoms with van der Waals surface area (Å²) < 4.78 is 51.0. The minimum Gasteiger partial charge on any atom is -0.491 e. The van der Waals surface area contributed by atoms with Gasteiger partial charge in [0.1, 0.15) is 17.9 Å². The lowest BCUT2D eigenvalue weighted by Gasteiger charge is -2.15. The largest absolute Gasteiger partial charge is 0.491 e. The van der Waals surface area contributed by atoms with Gasteiger partial charge in [0, 0.05) is 6.20 Å². The topological polar surface area (TPSA) is 56.3 Å². The number of hydrogen-bond donors (Lipinski definition) is 1. The summed E-state index contributed by atoms with van der Waals surface area (Å²) in [7, 11) is 0. The molecule has 1 aromatic heterocycles. The molecule has 0 bridgehead atoms. The van der Waals surface area contributed by atoms with E-state index in [1.807, 2.05) is 13.0 Å². The fourth-order valence-corrected chi connectivity index (χ4v) is 2.49. The van der Waals surface area contributed by atoms with Gasteiger partial charge in [-0.3, -0.25) is 0 Å². The maximum absolute atomic E-state index is 13.3. The van der Waals surface area contributed by atoms with Crippen LogP contribution in [0.3, 0.4) is 0 Å². The monoisotopic (exact) mass is 403 g/mol. The highest BCUT2D eigenvalue weighted by atomic mass is 19.4. The summed E-state index contributed by atoms with van der Waals surface area (Å²) in [4.78, 5) is 7.75. The molecule has 0 fully saturated rings. The van der Waals surface area contributed by atoms with E-state index in [-0.39, 0.29) is 12.6 Å². The summed E-state index contributed by atoms with van der Waals surface area (Å²) in [6.07, 6.45) is -3.10. The zero-order valence-electron chi connectivity index (χ0n) is 15.7. The predicted molar refractivity (Wildman–Crippen MR) is 103 cm³/mol. The Balaban J connectivity index is 1.85. The van der Waals surface area contributed by atoms with Crippen molar-refractivity contribution < 1.29 is 22.6 Å². The molecule has 1 heterocycles. The number of hydrogen-bond acceptors (Lipinski definition) is 5. The van der Waals surface area contributed by atoms with E-state index in [4.69, 9.17) is 9.47 Å². The van der Waals surface area contributed by atoms with Crippen LogP contribution in [0.1, 0.15) is 24.5 Å². The van der Waals surface area contributed by atoms with E-state index >= 15 is 0 Å². The average Bonchev–Trinajstić information content (AvgIpc) is 2.72. The molecule has 0 aliphatic carbocycles. The summed E-state index contributed by atoms with van der Waals surface area (Å²) in [5.74, 6) is 0.00372.